The van der Waals surface area contributed by atoms with Crippen molar-refractivity contribution >= 4 is 45.0 Å². The van der Waals surface area contributed by atoms with E-state index in [1.165, 1.54) is 4.90 Å². The summed E-state index contributed by atoms with van der Waals surface area (Å²) >= 11 is 0. The Balaban J connectivity index is 1.35. The number of hydrogen-bond donors (Lipinski definition) is 0. The van der Waals surface area contributed by atoms with Gasteiger partial charge in [0.25, 0.3) is 11.8 Å². The fourth-order valence-corrected chi connectivity index (χ4v) is 6.37. The summed E-state index contributed by atoms with van der Waals surface area (Å²) in [5, 5.41) is 2.08. The van der Waals surface area contributed by atoms with Crippen molar-refractivity contribution in [2.75, 3.05) is 4.90 Å². The van der Waals surface area contributed by atoms with Gasteiger partial charge in [-0.05, 0) is 53.1 Å². The number of carbonyl (C=O) groups is 2. The largest absolute Gasteiger partial charge is 0.308 e. The first-order valence-corrected chi connectivity index (χ1v) is 14.3. The maximum Gasteiger partial charge on any atom is 0.268 e. The van der Waals surface area contributed by atoms with E-state index in [1.807, 2.05) is 103 Å². The zero-order chi connectivity index (χ0) is 29.8. The predicted octanol–water partition coefficient (Wildman–Crippen LogP) is 9.47. The molecule has 0 N–H and O–H groups in total. The Kier molecular flexibility index (Phi) is 5.75. The van der Waals surface area contributed by atoms with Crippen molar-refractivity contribution in [3.8, 4) is 27.9 Å². The number of benzene rings is 6. The molecular weight excluding hydrogens is 542 g/mol. The summed E-state index contributed by atoms with van der Waals surface area (Å²) in [4.78, 5) is 33.3. The molecule has 0 spiro atoms. The lowest BCUT2D eigenvalue weighted by Crippen LogP contribution is -2.30. The van der Waals surface area contributed by atoms with E-state index in [9.17, 15) is 9.59 Å². The first kappa shape index (κ1) is 25.5. The molecule has 5 heteroatoms. The molecule has 0 bridgehead atoms. The van der Waals surface area contributed by atoms with E-state index in [0.717, 1.165) is 44.1 Å². The first-order chi connectivity index (χ1) is 21.6. The van der Waals surface area contributed by atoms with Crippen molar-refractivity contribution in [3.63, 3.8) is 0 Å². The molecule has 0 aliphatic carbocycles. The van der Waals surface area contributed by atoms with Crippen molar-refractivity contribution in [2.45, 2.75) is 0 Å². The highest BCUT2D eigenvalue weighted by Crippen LogP contribution is 2.41. The standard InChI is InChI=1S/C39H23N3O2/c1-40-28-14-9-13-26(23-28)27-21-22-31-30-16-6-8-19-34(30)41(36(31)24-27)35-20-10-17-32-37(35)39(44)42(38(32)43)33-18-7-5-15-29(33)25-11-3-2-4-12-25/h2-24H. The third-order valence-corrected chi connectivity index (χ3v) is 8.35. The second kappa shape index (κ2) is 9.94. The number of anilines is 1. The molecule has 8 rings (SSSR count). The molecule has 0 fully saturated rings. The predicted molar refractivity (Wildman–Crippen MR) is 175 cm³/mol. The van der Waals surface area contributed by atoms with Crippen LogP contribution >= 0.6 is 0 Å². The van der Waals surface area contributed by atoms with E-state index < -0.39 is 0 Å². The van der Waals surface area contributed by atoms with Crippen LogP contribution in [0.25, 0.3) is 54.6 Å². The van der Waals surface area contributed by atoms with Gasteiger partial charge in [0, 0.05) is 16.3 Å². The minimum absolute atomic E-state index is 0.340. The number of amides is 2. The molecule has 44 heavy (non-hydrogen) atoms. The summed E-state index contributed by atoms with van der Waals surface area (Å²) < 4.78 is 2.09. The third-order valence-electron chi connectivity index (χ3n) is 8.35. The molecule has 2 heterocycles. The quantitative estimate of drug-likeness (QED) is 0.158. The van der Waals surface area contributed by atoms with Crippen LogP contribution < -0.4 is 4.90 Å². The van der Waals surface area contributed by atoms with Gasteiger partial charge >= 0.3 is 0 Å². The van der Waals surface area contributed by atoms with Crippen molar-refractivity contribution in [1.82, 2.24) is 4.57 Å². The molecule has 1 aliphatic heterocycles. The van der Waals surface area contributed by atoms with E-state index in [-0.39, 0.29) is 11.8 Å². The Labute approximate surface area is 253 Å². The van der Waals surface area contributed by atoms with Gasteiger partial charge in [-0.25, -0.2) is 9.74 Å². The van der Waals surface area contributed by atoms with Gasteiger partial charge in [0.15, 0.2) is 5.69 Å². The van der Waals surface area contributed by atoms with Gasteiger partial charge in [-0.3, -0.25) is 9.59 Å². The molecule has 7 aromatic rings. The number of para-hydroxylation sites is 2. The lowest BCUT2D eigenvalue weighted by atomic mass is 10.0. The fourth-order valence-electron chi connectivity index (χ4n) is 6.37. The lowest BCUT2D eigenvalue weighted by Gasteiger charge is -2.18. The van der Waals surface area contributed by atoms with Gasteiger partial charge in [-0.1, -0.05) is 103 Å². The van der Waals surface area contributed by atoms with Crippen LogP contribution in [0, 0.1) is 6.57 Å². The summed E-state index contributed by atoms with van der Waals surface area (Å²) in [7, 11) is 0. The van der Waals surface area contributed by atoms with Gasteiger partial charge in [0.2, 0.25) is 0 Å². The van der Waals surface area contributed by atoms with Crippen LogP contribution in [-0.4, -0.2) is 16.4 Å². The molecule has 0 unspecified atom stereocenters. The number of hydrogen-bond acceptors (Lipinski definition) is 2. The number of nitrogens with zero attached hydrogens (tertiary/aromatic N) is 3. The highest BCUT2D eigenvalue weighted by molar-refractivity contribution is 6.36. The molecule has 5 nitrogen and oxygen atoms in total. The van der Waals surface area contributed by atoms with Crippen LogP contribution in [-0.2, 0) is 0 Å². The van der Waals surface area contributed by atoms with Gasteiger partial charge in [-0.15, -0.1) is 0 Å². The van der Waals surface area contributed by atoms with E-state index in [4.69, 9.17) is 6.57 Å². The molecule has 0 atom stereocenters. The van der Waals surface area contributed by atoms with E-state index in [2.05, 4.69) is 33.7 Å². The summed E-state index contributed by atoms with van der Waals surface area (Å²) in [5.41, 5.74) is 8.02. The van der Waals surface area contributed by atoms with Crippen LogP contribution in [0.5, 0.6) is 0 Å². The van der Waals surface area contributed by atoms with Crippen LogP contribution in [0.1, 0.15) is 20.7 Å². The number of rotatable bonds is 4. The molecule has 0 radical (unpaired) electrons. The number of aromatic nitrogens is 1. The van der Waals surface area contributed by atoms with Gasteiger partial charge < -0.3 is 4.57 Å². The minimum Gasteiger partial charge on any atom is -0.308 e. The van der Waals surface area contributed by atoms with Crippen LogP contribution in [0.3, 0.4) is 0 Å². The van der Waals surface area contributed by atoms with Gasteiger partial charge in [-0.2, -0.15) is 0 Å². The average Bonchev–Trinajstić information content (AvgIpc) is 3.55. The van der Waals surface area contributed by atoms with Crippen molar-refractivity contribution in [1.29, 1.82) is 0 Å². The molecule has 2 amide bonds. The number of fused-ring (bicyclic) bond motifs is 4. The summed E-state index contributed by atoms with van der Waals surface area (Å²) in [6, 6.07) is 44.7. The van der Waals surface area contributed by atoms with Crippen molar-refractivity contribution in [2.24, 2.45) is 0 Å². The van der Waals surface area contributed by atoms with Crippen LogP contribution in [0.15, 0.2) is 140 Å². The Morgan fingerprint density at radius 3 is 2.02 bits per heavy atom. The minimum atomic E-state index is -0.351. The topological polar surface area (TPSA) is 46.7 Å². The molecule has 6 aromatic carbocycles. The number of imide groups is 1. The highest BCUT2D eigenvalue weighted by Gasteiger charge is 2.40. The van der Waals surface area contributed by atoms with E-state index >= 15 is 0 Å². The number of carbonyl (C=O) groups excluding carboxylic acids is 2. The second-order valence-electron chi connectivity index (χ2n) is 10.8. The molecule has 1 aromatic heterocycles. The van der Waals surface area contributed by atoms with Crippen molar-refractivity contribution in [3.05, 3.63) is 162 Å². The van der Waals surface area contributed by atoms with Crippen molar-refractivity contribution < 1.29 is 9.59 Å². The molecule has 0 saturated carbocycles. The molecular formula is C39H23N3O2. The van der Waals surface area contributed by atoms with E-state index in [1.54, 1.807) is 12.1 Å². The fraction of sp³-hybridized carbons (Fsp3) is 0. The molecule has 1 aliphatic rings. The monoisotopic (exact) mass is 565 g/mol. The second-order valence-corrected chi connectivity index (χ2v) is 10.8. The first-order valence-electron chi connectivity index (χ1n) is 14.3. The third kappa shape index (κ3) is 3.79. The Morgan fingerprint density at radius 2 is 1.16 bits per heavy atom. The maximum absolute atomic E-state index is 14.4. The Morgan fingerprint density at radius 1 is 0.500 bits per heavy atom. The zero-order valence-electron chi connectivity index (χ0n) is 23.4. The SMILES string of the molecule is [C-]#[N+]c1cccc(-c2ccc3c4ccccc4n(-c4cccc5c4C(=O)N(c4ccccc4-c4ccccc4)C5=O)c3c2)c1. The lowest BCUT2D eigenvalue weighted by molar-refractivity contribution is 0.0926. The zero-order valence-corrected chi connectivity index (χ0v) is 23.4. The van der Waals surface area contributed by atoms with Gasteiger partial charge in [0.05, 0.1) is 40.1 Å². The average molecular weight is 566 g/mol. The van der Waals surface area contributed by atoms with Crippen LogP contribution in [0.4, 0.5) is 11.4 Å². The maximum atomic E-state index is 14.4. The van der Waals surface area contributed by atoms with Crippen LogP contribution in [0.2, 0.25) is 0 Å². The summed E-state index contributed by atoms with van der Waals surface area (Å²) in [5.74, 6) is -0.691. The Bertz CT molecular complexity index is 2340. The highest BCUT2D eigenvalue weighted by atomic mass is 16.2. The smallest absolute Gasteiger partial charge is 0.268 e. The normalized spacial score (nSPS) is 12.6. The summed E-state index contributed by atoms with van der Waals surface area (Å²) in [6.07, 6.45) is 0. The Hall–Kier alpha value is -6.25. The summed E-state index contributed by atoms with van der Waals surface area (Å²) in [6.45, 7) is 7.46. The van der Waals surface area contributed by atoms with E-state index in [0.29, 0.717) is 28.2 Å². The van der Waals surface area contributed by atoms with Gasteiger partial charge in [0.1, 0.15) is 0 Å². The molecule has 0 saturated heterocycles. The molecule has 206 valence electrons.